The van der Waals surface area contributed by atoms with Crippen molar-refractivity contribution < 1.29 is 54.1 Å². The fraction of sp³-hybridized carbons (Fsp3) is 0.706. The summed E-state index contributed by atoms with van der Waals surface area (Å²) < 4.78 is 15.1. The number of ether oxygens (including phenoxy) is 3. The van der Waals surface area contributed by atoms with Gasteiger partial charge in [-0.1, -0.05) is 6.08 Å². The number of hydrogen-bond acceptors (Lipinski definition) is 10. The Morgan fingerprint density at radius 2 is 1.23 bits per heavy atom. The highest BCUT2D eigenvalue weighted by atomic mass is 32.1. The monoisotopic (exact) mass is 476 g/mol. The molecule has 0 bridgehead atoms. The van der Waals surface area contributed by atoms with E-state index < -0.39 is 17.9 Å². The molecule has 2 aliphatic rings. The second kappa shape index (κ2) is 23.9. The lowest BCUT2D eigenvalue weighted by Crippen LogP contribution is -2.06. The molecule has 2 rings (SSSR count). The van der Waals surface area contributed by atoms with Crippen LogP contribution in [0, 0.1) is 0 Å². The maximum atomic E-state index is 9.86. The molecule has 11 nitrogen and oxygen atoms in total. The van der Waals surface area contributed by atoms with Crippen molar-refractivity contribution in [2.24, 2.45) is 0 Å². The molecular formula is C17H32O11S2. The third-order valence-corrected chi connectivity index (χ3v) is 3.09. The van der Waals surface area contributed by atoms with Gasteiger partial charge in [0.2, 0.25) is 0 Å². The van der Waals surface area contributed by atoms with Crippen molar-refractivity contribution in [1.29, 1.82) is 0 Å². The van der Waals surface area contributed by atoms with Crippen LogP contribution in [0.5, 0.6) is 0 Å². The molecule has 2 atom stereocenters. The number of aliphatic carboxylic acids is 3. The van der Waals surface area contributed by atoms with Crippen LogP contribution in [0.15, 0.2) is 11.6 Å². The number of carbonyl (C=O) groups is 3. The standard InChI is InChI=1S/C6H10O3.C5H8O2.2C2H4O2S.C2H6O2/c1(5-3-8-5)7-2-6-4-9-6;1-3-4(2)5(6)7;2*3-2(4)1-5;3-1-2-4/h5-6H,1-4H2;3H,1-2H3,(H,6,7);2*5H,1H2,(H,3,4);3-4H,1-2H2. The van der Waals surface area contributed by atoms with Crippen molar-refractivity contribution in [2.45, 2.75) is 26.1 Å². The van der Waals surface area contributed by atoms with Gasteiger partial charge in [0.05, 0.1) is 51.1 Å². The molecule has 0 aromatic heterocycles. The molecule has 2 unspecified atom stereocenters. The number of rotatable bonds is 8. The highest BCUT2D eigenvalue weighted by Crippen LogP contribution is 2.12. The summed E-state index contributed by atoms with van der Waals surface area (Å²) in [4.78, 5) is 28.4. The van der Waals surface area contributed by atoms with Gasteiger partial charge in [0.1, 0.15) is 12.2 Å². The maximum absolute atomic E-state index is 9.86. The second-order valence-corrected chi connectivity index (χ2v) is 5.91. The molecule has 2 saturated heterocycles. The molecular weight excluding hydrogens is 444 g/mol. The molecule has 178 valence electrons. The number of epoxide rings is 2. The van der Waals surface area contributed by atoms with Crippen LogP contribution in [0.3, 0.4) is 0 Å². The minimum Gasteiger partial charge on any atom is -0.481 e. The van der Waals surface area contributed by atoms with Crippen LogP contribution >= 0.6 is 25.3 Å². The lowest BCUT2D eigenvalue weighted by atomic mass is 10.3. The lowest BCUT2D eigenvalue weighted by Gasteiger charge is -1.95. The Morgan fingerprint density at radius 3 is 1.33 bits per heavy atom. The fourth-order valence-electron chi connectivity index (χ4n) is 0.783. The average molecular weight is 477 g/mol. The second-order valence-electron chi connectivity index (χ2n) is 5.28. The van der Waals surface area contributed by atoms with E-state index in [2.05, 4.69) is 25.3 Å². The predicted octanol–water partition coefficient (Wildman–Crippen LogP) is -0.190. The Hall–Kier alpha value is -1.35. The Morgan fingerprint density at radius 1 is 0.933 bits per heavy atom. The number of thiol groups is 2. The number of hydrogen-bond donors (Lipinski definition) is 7. The summed E-state index contributed by atoms with van der Waals surface area (Å²) in [5, 5.41) is 38.7. The van der Waals surface area contributed by atoms with Gasteiger partial charge >= 0.3 is 17.9 Å². The Balaban J connectivity index is -0.000000317. The van der Waals surface area contributed by atoms with Crippen LogP contribution in [0.1, 0.15) is 13.8 Å². The van der Waals surface area contributed by atoms with Crippen LogP contribution in [0.4, 0.5) is 0 Å². The largest absolute Gasteiger partial charge is 0.481 e. The van der Waals surface area contributed by atoms with Gasteiger partial charge in [-0.05, 0) is 13.8 Å². The SMILES string of the molecule is C(OCC1CO1)C1CO1.CC=C(C)C(=O)O.O=C(O)CS.O=C(O)CS.OCCO. The quantitative estimate of drug-likeness (QED) is 0.140. The highest BCUT2D eigenvalue weighted by Gasteiger charge is 2.26. The maximum Gasteiger partial charge on any atom is 0.330 e. The van der Waals surface area contributed by atoms with E-state index in [1.807, 2.05) is 0 Å². The van der Waals surface area contributed by atoms with Crippen LogP contribution < -0.4 is 0 Å². The van der Waals surface area contributed by atoms with Gasteiger partial charge in [-0.2, -0.15) is 25.3 Å². The third-order valence-electron chi connectivity index (χ3n) is 2.55. The van der Waals surface area contributed by atoms with E-state index in [0.29, 0.717) is 17.8 Å². The molecule has 0 amide bonds. The molecule has 2 heterocycles. The van der Waals surface area contributed by atoms with Crippen LogP contribution in [-0.2, 0) is 28.6 Å². The molecule has 0 spiro atoms. The van der Waals surface area contributed by atoms with Gasteiger partial charge in [0.25, 0.3) is 0 Å². The van der Waals surface area contributed by atoms with Crippen molar-refractivity contribution >= 4 is 43.2 Å². The summed E-state index contributed by atoms with van der Waals surface area (Å²) in [5.41, 5.74) is 0.389. The van der Waals surface area contributed by atoms with E-state index in [-0.39, 0.29) is 24.7 Å². The van der Waals surface area contributed by atoms with Crippen LogP contribution in [-0.4, -0.2) is 107 Å². The predicted molar refractivity (Wildman–Crippen MR) is 115 cm³/mol. The van der Waals surface area contributed by atoms with Crippen LogP contribution in [0.25, 0.3) is 0 Å². The summed E-state index contributed by atoms with van der Waals surface area (Å²) in [6, 6.07) is 0. The summed E-state index contributed by atoms with van der Waals surface area (Å²) in [5.74, 6) is -2.77. The smallest absolute Gasteiger partial charge is 0.330 e. The highest BCUT2D eigenvalue weighted by molar-refractivity contribution is 7.81. The number of aliphatic hydroxyl groups is 2. The van der Waals surface area contributed by atoms with Gasteiger partial charge in [-0.3, -0.25) is 9.59 Å². The first kappa shape index (κ1) is 33.3. The number of aliphatic hydroxyl groups excluding tert-OH is 2. The van der Waals surface area contributed by atoms with Crippen molar-refractivity contribution in [2.75, 3.05) is 51.1 Å². The summed E-state index contributed by atoms with van der Waals surface area (Å²) in [7, 11) is 0. The summed E-state index contributed by atoms with van der Waals surface area (Å²) >= 11 is 6.83. The molecule has 13 heteroatoms. The Kier molecular flexibility index (Phi) is 26.5. The van der Waals surface area contributed by atoms with Gasteiger partial charge in [-0.15, -0.1) is 0 Å². The first-order chi connectivity index (χ1) is 14.1. The zero-order chi connectivity index (χ0) is 23.9. The van der Waals surface area contributed by atoms with Crippen molar-refractivity contribution in [3.8, 4) is 0 Å². The van der Waals surface area contributed by atoms with Crippen molar-refractivity contribution in [3.05, 3.63) is 11.6 Å². The number of carboxylic acid groups (broad SMARTS) is 3. The zero-order valence-corrected chi connectivity index (χ0v) is 18.8. The van der Waals surface area contributed by atoms with E-state index in [1.54, 1.807) is 19.9 Å². The topological polar surface area (TPSA) is 187 Å². The minimum atomic E-state index is -0.881. The van der Waals surface area contributed by atoms with Crippen LogP contribution in [0.2, 0.25) is 0 Å². The van der Waals surface area contributed by atoms with Gasteiger partial charge < -0.3 is 39.7 Å². The molecule has 0 radical (unpaired) electrons. The van der Waals surface area contributed by atoms with Gasteiger partial charge in [-0.25, -0.2) is 4.79 Å². The van der Waals surface area contributed by atoms with E-state index in [9.17, 15) is 14.4 Å². The molecule has 5 N–H and O–H groups in total. The summed E-state index contributed by atoms with van der Waals surface area (Å²) in [6.45, 7) is 6.27. The van der Waals surface area contributed by atoms with Gasteiger partial charge in [0, 0.05) is 5.57 Å². The summed E-state index contributed by atoms with van der Waals surface area (Å²) in [6.07, 6.45) is 2.34. The first-order valence-corrected chi connectivity index (χ1v) is 9.90. The number of carboxylic acids is 3. The lowest BCUT2D eigenvalue weighted by molar-refractivity contribution is -0.134. The molecule has 2 aliphatic heterocycles. The molecule has 0 saturated carbocycles. The molecule has 0 aromatic rings. The minimum absolute atomic E-state index is 0.0833. The van der Waals surface area contributed by atoms with E-state index in [0.717, 1.165) is 26.4 Å². The van der Waals surface area contributed by atoms with E-state index in [1.165, 1.54) is 0 Å². The Bertz CT molecular complexity index is 450. The molecule has 30 heavy (non-hydrogen) atoms. The average Bonchev–Trinajstić information content (AvgIpc) is 3.64. The molecule has 2 fully saturated rings. The van der Waals surface area contributed by atoms with E-state index >= 15 is 0 Å². The normalized spacial score (nSPS) is 17.7. The third kappa shape index (κ3) is 37.4. The Labute approximate surface area is 186 Å². The molecule has 0 aliphatic carbocycles. The van der Waals surface area contributed by atoms with E-state index in [4.69, 9.17) is 39.7 Å². The number of allylic oxidation sites excluding steroid dienone is 1. The molecule has 0 aromatic carbocycles. The fourth-order valence-corrected chi connectivity index (χ4v) is 0.783. The van der Waals surface area contributed by atoms with Gasteiger partial charge in [0.15, 0.2) is 0 Å². The first-order valence-electron chi connectivity index (χ1n) is 8.63. The van der Waals surface area contributed by atoms with Crippen molar-refractivity contribution in [1.82, 2.24) is 0 Å². The van der Waals surface area contributed by atoms with Crippen molar-refractivity contribution in [3.63, 3.8) is 0 Å². The zero-order valence-electron chi connectivity index (χ0n) is 17.0.